The minimum absolute atomic E-state index is 0.761. The summed E-state index contributed by atoms with van der Waals surface area (Å²) in [5.74, 6) is 0.807. The molecule has 0 heterocycles. The number of carbonyl (C=O) groups is 1. The maximum absolute atomic E-state index is 10.5. The van der Waals surface area contributed by atoms with Gasteiger partial charge in [0.05, 0.1) is 13.4 Å². The highest BCUT2D eigenvalue weighted by atomic mass is 16.5. The molecule has 0 radical (unpaired) electrons. The molecule has 0 saturated carbocycles. The Hall–Kier alpha value is -0.790. The molecule has 0 fully saturated rings. The highest BCUT2D eigenvalue weighted by molar-refractivity contribution is 5.72. The first-order valence-electron chi connectivity index (χ1n) is 5.41. The molecule has 0 aliphatic carbocycles. The molecule has 0 unspecified atom stereocenters. The second-order valence-corrected chi connectivity index (χ2v) is 3.81. The molecular formula is C12H22O2. The van der Waals surface area contributed by atoms with Crippen molar-refractivity contribution in [3.63, 3.8) is 0 Å². The molecule has 0 aliphatic rings. The molecule has 0 amide bonds. The van der Waals surface area contributed by atoms with Crippen molar-refractivity contribution in [1.82, 2.24) is 0 Å². The van der Waals surface area contributed by atoms with Crippen LogP contribution >= 0.6 is 0 Å². The molecule has 14 heavy (non-hydrogen) atoms. The molecule has 0 aromatic carbocycles. The normalized spacial score (nSPS) is 13.8. The third kappa shape index (κ3) is 6.70. The van der Waals surface area contributed by atoms with Crippen LogP contribution in [0.1, 0.15) is 46.0 Å². The van der Waals surface area contributed by atoms with Gasteiger partial charge in [0.15, 0.2) is 0 Å². The molecular weight excluding hydrogens is 176 g/mol. The van der Waals surface area contributed by atoms with Crippen LogP contribution < -0.4 is 0 Å². The van der Waals surface area contributed by atoms with Crippen LogP contribution in [0.4, 0.5) is 0 Å². The predicted molar refractivity (Wildman–Crippen MR) is 59.1 cm³/mol. The van der Waals surface area contributed by atoms with Gasteiger partial charge in [0.1, 0.15) is 6.29 Å². The van der Waals surface area contributed by atoms with Gasteiger partial charge in [0, 0.05) is 5.57 Å². The molecule has 0 saturated heterocycles. The number of hydrogen-bond acceptors (Lipinski definition) is 2. The number of aldehydes is 1. The zero-order valence-corrected chi connectivity index (χ0v) is 9.58. The smallest absolute Gasteiger partial charge is 0.149 e. The van der Waals surface area contributed by atoms with Gasteiger partial charge in [-0.3, -0.25) is 4.79 Å². The first-order valence-corrected chi connectivity index (χ1v) is 5.41. The van der Waals surface area contributed by atoms with E-state index >= 15 is 0 Å². The lowest BCUT2D eigenvalue weighted by atomic mass is 10.00. The maximum Gasteiger partial charge on any atom is 0.149 e. The Balaban J connectivity index is 3.52. The van der Waals surface area contributed by atoms with Crippen molar-refractivity contribution in [1.29, 1.82) is 0 Å². The molecule has 0 rings (SSSR count). The van der Waals surface area contributed by atoms with Crippen LogP contribution in [0.5, 0.6) is 0 Å². The van der Waals surface area contributed by atoms with Crippen molar-refractivity contribution < 1.29 is 9.53 Å². The maximum atomic E-state index is 10.5. The van der Waals surface area contributed by atoms with E-state index in [4.69, 9.17) is 4.74 Å². The minimum Gasteiger partial charge on any atom is -0.504 e. The summed E-state index contributed by atoms with van der Waals surface area (Å²) in [6.45, 7) is 4.48. The zero-order chi connectivity index (χ0) is 10.8. The third-order valence-corrected chi connectivity index (χ3v) is 2.53. The number of rotatable bonds is 8. The predicted octanol–water partition coefficient (Wildman–Crippen LogP) is 3.32. The number of hydrogen-bond donors (Lipinski definition) is 0. The summed E-state index contributed by atoms with van der Waals surface area (Å²) in [6, 6.07) is 0. The van der Waals surface area contributed by atoms with Gasteiger partial charge in [0.25, 0.3) is 0 Å². The van der Waals surface area contributed by atoms with Gasteiger partial charge in [-0.05, 0) is 18.8 Å². The standard InChI is InChI=1S/C12H22O2/c1-4-11(2)7-5-6-8-12(9-13)10-14-3/h9-11H,4-8H2,1-3H3/t11-/m0/s1. The van der Waals surface area contributed by atoms with E-state index < -0.39 is 0 Å². The highest BCUT2D eigenvalue weighted by Crippen LogP contribution is 2.14. The largest absolute Gasteiger partial charge is 0.504 e. The molecule has 0 N–H and O–H groups in total. The van der Waals surface area contributed by atoms with Gasteiger partial charge in [-0.2, -0.15) is 0 Å². The van der Waals surface area contributed by atoms with E-state index in [1.54, 1.807) is 7.11 Å². The monoisotopic (exact) mass is 198 g/mol. The van der Waals surface area contributed by atoms with Gasteiger partial charge >= 0.3 is 0 Å². The molecule has 0 bridgehead atoms. The van der Waals surface area contributed by atoms with E-state index in [1.807, 2.05) is 0 Å². The summed E-state index contributed by atoms with van der Waals surface area (Å²) < 4.78 is 4.80. The topological polar surface area (TPSA) is 26.3 Å². The lowest BCUT2D eigenvalue weighted by molar-refractivity contribution is -0.105. The Morgan fingerprint density at radius 1 is 1.43 bits per heavy atom. The Labute approximate surface area is 87.3 Å². The fourth-order valence-corrected chi connectivity index (χ4v) is 1.32. The van der Waals surface area contributed by atoms with Crippen molar-refractivity contribution in [2.75, 3.05) is 7.11 Å². The average molecular weight is 198 g/mol. The molecule has 0 aromatic heterocycles. The van der Waals surface area contributed by atoms with E-state index in [1.165, 1.54) is 25.5 Å². The van der Waals surface area contributed by atoms with Crippen LogP contribution in [0, 0.1) is 5.92 Å². The van der Waals surface area contributed by atoms with Gasteiger partial charge in [-0.1, -0.05) is 33.1 Å². The van der Waals surface area contributed by atoms with Crippen molar-refractivity contribution >= 4 is 6.29 Å². The number of unbranched alkanes of at least 4 members (excludes halogenated alkanes) is 1. The zero-order valence-electron chi connectivity index (χ0n) is 9.58. The van der Waals surface area contributed by atoms with Crippen LogP contribution in [0.25, 0.3) is 0 Å². The van der Waals surface area contributed by atoms with Crippen LogP contribution in [-0.4, -0.2) is 13.4 Å². The molecule has 1 atom stereocenters. The van der Waals surface area contributed by atoms with Crippen molar-refractivity contribution in [2.24, 2.45) is 5.92 Å². The minimum atomic E-state index is 0.761. The molecule has 2 nitrogen and oxygen atoms in total. The average Bonchev–Trinajstić information content (AvgIpc) is 2.22. The first kappa shape index (κ1) is 13.2. The Bertz CT molecular complexity index is 173. The van der Waals surface area contributed by atoms with Crippen molar-refractivity contribution in [3.05, 3.63) is 11.8 Å². The van der Waals surface area contributed by atoms with E-state index in [2.05, 4.69) is 13.8 Å². The summed E-state index contributed by atoms with van der Waals surface area (Å²) in [5.41, 5.74) is 0.761. The molecule has 0 aliphatic heterocycles. The van der Waals surface area contributed by atoms with Crippen LogP contribution in [0.15, 0.2) is 11.8 Å². The Morgan fingerprint density at radius 2 is 2.14 bits per heavy atom. The van der Waals surface area contributed by atoms with E-state index in [0.717, 1.165) is 30.6 Å². The quantitative estimate of drug-likeness (QED) is 0.259. The third-order valence-electron chi connectivity index (χ3n) is 2.53. The summed E-state index contributed by atoms with van der Waals surface area (Å²) >= 11 is 0. The van der Waals surface area contributed by atoms with Crippen molar-refractivity contribution in [2.45, 2.75) is 46.0 Å². The summed E-state index contributed by atoms with van der Waals surface area (Å²) in [5, 5.41) is 0. The summed E-state index contributed by atoms with van der Waals surface area (Å²) in [6.07, 6.45) is 8.04. The molecule has 0 aromatic rings. The second-order valence-electron chi connectivity index (χ2n) is 3.81. The van der Waals surface area contributed by atoms with Gasteiger partial charge in [-0.15, -0.1) is 0 Å². The van der Waals surface area contributed by atoms with Gasteiger partial charge in [-0.25, -0.2) is 0 Å². The number of carbonyl (C=O) groups excluding carboxylic acids is 1. The first-order chi connectivity index (χ1) is 6.74. The second kappa shape index (κ2) is 8.79. The summed E-state index contributed by atoms with van der Waals surface area (Å²) in [7, 11) is 1.57. The van der Waals surface area contributed by atoms with E-state index in [-0.39, 0.29) is 0 Å². The number of methoxy groups -OCH3 is 1. The van der Waals surface area contributed by atoms with Crippen LogP contribution in [0.3, 0.4) is 0 Å². The Morgan fingerprint density at radius 3 is 2.64 bits per heavy atom. The lowest BCUT2D eigenvalue weighted by Crippen LogP contribution is -1.93. The molecule has 82 valence electrons. The number of ether oxygens (including phenoxy) is 1. The highest BCUT2D eigenvalue weighted by Gasteiger charge is 2.00. The fourth-order valence-electron chi connectivity index (χ4n) is 1.32. The molecule has 0 spiro atoms. The van der Waals surface area contributed by atoms with Crippen LogP contribution in [0.2, 0.25) is 0 Å². The van der Waals surface area contributed by atoms with E-state index in [9.17, 15) is 4.79 Å². The Kier molecular flexibility index (Phi) is 8.30. The van der Waals surface area contributed by atoms with E-state index in [0.29, 0.717) is 0 Å². The van der Waals surface area contributed by atoms with Gasteiger partial charge < -0.3 is 4.74 Å². The van der Waals surface area contributed by atoms with Crippen LogP contribution in [-0.2, 0) is 9.53 Å². The summed E-state index contributed by atoms with van der Waals surface area (Å²) in [4.78, 5) is 10.5. The lowest BCUT2D eigenvalue weighted by Gasteiger charge is -2.07. The van der Waals surface area contributed by atoms with Gasteiger partial charge in [0.2, 0.25) is 0 Å². The van der Waals surface area contributed by atoms with Crippen molar-refractivity contribution in [3.8, 4) is 0 Å². The number of allylic oxidation sites excluding steroid dienone is 1. The fraction of sp³-hybridized carbons (Fsp3) is 0.750. The SMILES string of the molecule is CC[C@H](C)CCCCC(C=O)=COC. The molecule has 2 heteroatoms.